The molecule has 0 spiro atoms. The highest BCUT2D eigenvalue weighted by atomic mass is 35.5. The molecule has 10 nitrogen and oxygen atoms in total. The molecule has 1 amide bonds. The molecule has 0 aliphatic carbocycles. The van der Waals surface area contributed by atoms with Crippen molar-refractivity contribution in [2.24, 2.45) is 4.99 Å². The van der Waals surface area contributed by atoms with Gasteiger partial charge in [-0.25, -0.2) is 19.9 Å². The maximum absolute atomic E-state index is 13.5. The Bertz CT molecular complexity index is 1780. The molecular formula is C27H16ClF3N8O2. The molecule has 1 aliphatic heterocycles. The summed E-state index contributed by atoms with van der Waals surface area (Å²) in [6.45, 7) is 0. The van der Waals surface area contributed by atoms with E-state index >= 15 is 0 Å². The average Bonchev–Trinajstić information content (AvgIpc) is 3.38. The predicted molar refractivity (Wildman–Crippen MR) is 143 cm³/mol. The number of nitrogens with zero attached hydrogens (tertiary/aromatic N) is 6. The van der Waals surface area contributed by atoms with Crippen LogP contribution in [0.4, 0.5) is 24.9 Å². The highest BCUT2D eigenvalue weighted by Crippen LogP contribution is 2.36. The van der Waals surface area contributed by atoms with Gasteiger partial charge in [0.05, 0.1) is 17.0 Å². The van der Waals surface area contributed by atoms with Gasteiger partial charge in [0.1, 0.15) is 5.69 Å². The molecule has 1 atom stereocenters. The monoisotopic (exact) mass is 576 g/mol. The number of nitrogens with one attached hydrogen (secondary N) is 2. The lowest BCUT2D eigenvalue weighted by atomic mass is 10.0. The molecule has 41 heavy (non-hydrogen) atoms. The van der Waals surface area contributed by atoms with Crippen LogP contribution in [0.25, 0.3) is 22.7 Å². The third-order valence-corrected chi connectivity index (χ3v) is 6.22. The Labute approximate surface area is 234 Å². The number of pyridine rings is 1. The van der Waals surface area contributed by atoms with Gasteiger partial charge in [-0.3, -0.25) is 4.79 Å². The number of rotatable bonds is 5. The second-order valence-corrected chi connectivity index (χ2v) is 9.03. The molecule has 3 aromatic heterocycles. The molecule has 0 radical (unpaired) electrons. The second-order valence-electron chi connectivity index (χ2n) is 8.70. The van der Waals surface area contributed by atoms with E-state index in [1.54, 1.807) is 12.1 Å². The van der Waals surface area contributed by atoms with E-state index in [4.69, 9.17) is 16.0 Å². The van der Waals surface area contributed by atoms with Crippen LogP contribution in [-0.4, -0.2) is 42.9 Å². The fourth-order valence-electron chi connectivity index (χ4n) is 4.14. The van der Waals surface area contributed by atoms with Gasteiger partial charge in [-0.05, 0) is 23.7 Å². The minimum atomic E-state index is -4.66. The van der Waals surface area contributed by atoms with E-state index in [0.717, 1.165) is 11.6 Å². The standard InChI is InChI=1S/C27H16ClF3N8O2/c28-25-33-11-15(12-34-25)18-10-16(27(29,30)31)13-32-21(18)24-38-39-26(41-24)37-22-23(40)35-19-9-5-4-8-17(19)20(36-22)14-6-2-1-3-7-14/h1-13,22H,(H,35,40)(H,37,39). The minimum absolute atomic E-state index is 0.0151. The fraction of sp³-hybridized carbons (Fsp3) is 0.0741. The molecule has 5 aromatic rings. The second kappa shape index (κ2) is 10.4. The van der Waals surface area contributed by atoms with Gasteiger partial charge in [0.25, 0.3) is 11.8 Å². The highest BCUT2D eigenvalue weighted by Gasteiger charge is 2.33. The van der Waals surface area contributed by atoms with Crippen molar-refractivity contribution in [2.75, 3.05) is 10.6 Å². The Balaban J connectivity index is 1.37. The molecule has 14 heteroatoms. The number of aromatic nitrogens is 5. The summed E-state index contributed by atoms with van der Waals surface area (Å²) in [5.74, 6) is -0.703. The Morgan fingerprint density at radius 2 is 1.61 bits per heavy atom. The normalized spacial score (nSPS) is 15.0. The van der Waals surface area contributed by atoms with E-state index in [1.165, 1.54) is 12.4 Å². The van der Waals surface area contributed by atoms with E-state index in [1.807, 2.05) is 42.5 Å². The molecule has 204 valence electrons. The first kappa shape index (κ1) is 26.1. The summed E-state index contributed by atoms with van der Waals surface area (Å²) in [5, 5.41) is 13.4. The van der Waals surface area contributed by atoms with Gasteiger partial charge in [0.2, 0.25) is 11.4 Å². The topological polar surface area (TPSA) is 131 Å². The van der Waals surface area contributed by atoms with Crippen molar-refractivity contribution in [1.82, 2.24) is 25.1 Å². The number of carbonyl (C=O) groups excluding carboxylic acids is 1. The predicted octanol–water partition coefficient (Wildman–Crippen LogP) is 5.49. The molecule has 0 saturated carbocycles. The number of para-hydroxylation sites is 1. The van der Waals surface area contributed by atoms with Crippen molar-refractivity contribution in [2.45, 2.75) is 12.3 Å². The quantitative estimate of drug-likeness (QED) is 0.263. The number of alkyl halides is 3. The van der Waals surface area contributed by atoms with Gasteiger partial charge in [-0.2, -0.15) is 13.2 Å². The number of fused-ring (bicyclic) bond motifs is 1. The summed E-state index contributed by atoms with van der Waals surface area (Å²) in [6.07, 6.45) is -2.69. The SMILES string of the molecule is O=C1Nc2ccccc2C(c2ccccc2)=NC1Nc1nnc(-c2ncc(C(F)(F)F)cc2-c2cnc(Cl)nc2)o1. The third kappa shape index (κ3) is 5.34. The number of benzodiazepines with no additional fused rings is 1. The Hall–Kier alpha value is -5.17. The first-order valence-corrected chi connectivity index (χ1v) is 12.3. The van der Waals surface area contributed by atoms with Crippen LogP contribution < -0.4 is 10.6 Å². The first-order chi connectivity index (χ1) is 19.8. The van der Waals surface area contributed by atoms with Crippen molar-refractivity contribution in [3.63, 3.8) is 0 Å². The van der Waals surface area contributed by atoms with E-state index in [-0.39, 0.29) is 34.0 Å². The molecule has 0 saturated heterocycles. The van der Waals surface area contributed by atoms with Gasteiger partial charge in [-0.15, -0.1) is 5.10 Å². The lowest BCUT2D eigenvalue weighted by Crippen LogP contribution is -2.32. The van der Waals surface area contributed by atoms with Crippen molar-refractivity contribution in [3.05, 3.63) is 101 Å². The maximum Gasteiger partial charge on any atom is 0.417 e. The number of carbonyl (C=O) groups is 1. The van der Waals surface area contributed by atoms with Gasteiger partial charge >= 0.3 is 12.2 Å². The van der Waals surface area contributed by atoms with Crippen LogP contribution in [0.5, 0.6) is 0 Å². The largest absolute Gasteiger partial charge is 0.417 e. The minimum Gasteiger partial charge on any atom is -0.402 e. The van der Waals surface area contributed by atoms with Crippen LogP contribution in [0.15, 0.2) is 88.7 Å². The molecule has 1 aliphatic rings. The van der Waals surface area contributed by atoms with Crippen molar-refractivity contribution in [3.8, 4) is 22.7 Å². The lowest BCUT2D eigenvalue weighted by molar-refractivity contribution is -0.137. The molecule has 2 aromatic carbocycles. The zero-order valence-corrected chi connectivity index (χ0v) is 21.4. The zero-order chi connectivity index (χ0) is 28.6. The maximum atomic E-state index is 13.5. The van der Waals surface area contributed by atoms with Gasteiger partial charge < -0.3 is 15.1 Å². The molecular weight excluding hydrogens is 561 g/mol. The molecule has 0 fully saturated rings. The molecule has 6 rings (SSSR count). The van der Waals surface area contributed by atoms with Crippen LogP contribution in [-0.2, 0) is 11.0 Å². The number of benzene rings is 2. The summed E-state index contributed by atoms with van der Waals surface area (Å²) >= 11 is 5.75. The summed E-state index contributed by atoms with van der Waals surface area (Å²) < 4.78 is 46.1. The summed E-state index contributed by atoms with van der Waals surface area (Å²) in [7, 11) is 0. The Morgan fingerprint density at radius 1 is 0.878 bits per heavy atom. The molecule has 1 unspecified atom stereocenters. The fourth-order valence-corrected chi connectivity index (χ4v) is 4.23. The first-order valence-electron chi connectivity index (χ1n) is 12.0. The van der Waals surface area contributed by atoms with Crippen LogP contribution >= 0.6 is 11.6 Å². The number of halogens is 4. The number of anilines is 2. The number of aliphatic imine (C=N–C) groups is 1. The Kier molecular flexibility index (Phi) is 6.63. The van der Waals surface area contributed by atoms with Crippen LogP contribution in [0.1, 0.15) is 16.7 Å². The summed E-state index contributed by atoms with van der Waals surface area (Å²) in [6, 6.07) is 17.2. The van der Waals surface area contributed by atoms with Crippen LogP contribution in [0.3, 0.4) is 0 Å². The van der Waals surface area contributed by atoms with Gasteiger partial charge in [0, 0.05) is 40.8 Å². The molecule has 0 bridgehead atoms. The average molecular weight is 577 g/mol. The summed E-state index contributed by atoms with van der Waals surface area (Å²) in [4.78, 5) is 29.4. The lowest BCUT2D eigenvalue weighted by Gasteiger charge is -2.12. The number of hydrogen-bond acceptors (Lipinski definition) is 9. The zero-order valence-electron chi connectivity index (χ0n) is 20.6. The molecule has 4 heterocycles. The van der Waals surface area contributed by atoms with E-state index in [0.29, 0.717) is 23.2 Å². The van der Waals surface area contributed by atoms with Crippen LogP contribution in [0.2, 0.25) is 5.28 Å². The number of amides is 1. The Morgan fingerprint density at radius 3 is 2.37 bits per heavy atom. The third-order valence-electron chi connectivity index (χ3n) is 6.03. The van der Waals surface area contributed by atoms with Crippen molar-refractivity contribution < 1.29 is 22.4 Å². The molecule has 2 N–H and O–H groups in total. The highest BCUT2D eigenvalue weighted by molar-refractivity contribution is 6.28. The van der Waals surface area contributed by atoms with Crippen molar-refractivity contribution in [1.29, 1.82) is 0 Å². The van der Waals surface area contributed by atoms with Gasteiger partial charge in [-0.1, -0.05) is 53.6 Å². The smallest absolute Gasteiger partial charge is 0.402 e. The summed E-state index contributed by atoms with van der Waals surface area (Å²) in [5.41, 5.74) is 1.72. The van der Waals surface area contributed by atoms with E-state index in [9.17, 15) is 18.0 Å². The van der Waals surface area contributed by atoms with E-state index < -0.39 is 23.8 Å². The van der Waals surface area contributed by atoms with Crippen molar-refractivity contribution >= 4 is 34.9 Å². The van der Waals surface area contributed by atoms with Gasteiger partial charge in [0.15, 0.2) is 0 Å². The van der Waals surface area contributed by atoms with E-state index in [2.05, 4.69) is 40.8 Å². The number of hydrogen-bond donors (Lipinski definition) is 2. The van der Waals surface area contributed by atoms with Crippen LogP contribution in [0, 0.1) is 0 Å².